The van der Waals surface area contributed by atoms with Gasteiger partial charge in [-0.1, -0.05) is 51.1 Å². The molecule has 1 saturated carbocycles. The minimum atomic E-state index is -0.281. The van der Waals surface area contributed by atoms with Gasteiger partial charge in [-0.3, -0.25) is 9.69 Å². The van der Waals surface area contributed by atoms with E-state index in [9.17, 15) is 4.79 Å². The molecule has 0 spiro atoms. The van der Waals surface area contributed by atoms with E-state index in [4.69, 9.17) is 21.6 Å². The van der Waals surface area contributed by atoms with Crippen LogP contribution in [-0.2, 0) is 6.54 Å². The largest absolute Gasteiger partial charge is 0.489 e. The quantitative estimate of drug-likeness (QED) is 0.599. The smallest absolute Gasteiger partial charge is 0.254 e. The van der Waals surface area contributed by atoms with Crippen LogP contribution in [0.2, 0.25) is 5.02 Å². The zero-order valence-corrected chi connectivity index (χ0v) is 23.1. The predicted molar refractivity (Wildman–Crippen MR) is 147 cm³/mol. The number of fused-ring (bicyclic) bond motifs is 1. The van der Waals surface area contributed by atoms with E-state index < -0.39 is 0 Å². The Kier molecular flexibility index (Phi) is 6.00. The van der Waals surface area contributed by atoms with Crippen LogP contribution in [0.4, 0.5) is 0 Å². The average molecular weight is 529 g/mol. The third-order valence-electron chi connectivity index (χ3n) is 8.93. The number of carbonyl (C=O) groups is 1. The molecule has 3 heterocycles. The van der Waals surface area contributed by atoms with Crippen LogP contribution >= 0.6 is 11.6 Å². The molecule has 1 amide bonds. The number of rotatable bonds is 4. The van der Waals surface area contributed by atoms with Crippen molar-refractivity contribution in [2.24, 2.45) is 16.7 Å². The van der Waals surface area contributed by atoms with Crippen molar-refractivity contribution in [3.63, 3.8) is 0 Å². The molecule has 0 atom stereocenters. The van der Waals surface area contributed by atoms with Gasteiger partial charge >= 0.3 is 0 Å². The van der Waals surface area contributed by atoms with Crippen LogP contribution in [0.15, 0.2) is 36.4 Å². The van der Waals surface area contributed by atoms with E-state index in [2.05, 4.69) is 61.9 Å². The summed E-state index contributed by atoms with van der Waals surface area (Å²) < 4.78 is 6.43. The van der Waals surface area contributed by atoms with Crippen molar-refractivity contribution >= 4 is 17.5 Å². The lowest BCUT2D eigenvalue weighted by Crippen LogP contribution is -2.74. The Morgan fingerprint density at radius 3 is 2.45 bits per heavy atom. The Balaban J connectivity index is 1.15. The van der Waals surface area contributed by atoms with Crippen molar-refractivity contribution in [1.29, 1.82) is 5.26 Å². The second-order valence-electron chi connectivity index (χ2n) is 12.3. The topological polar surface area (TPSA) is 68.6 Å². The summed E-state index contributed by atoms with van der Waals surface area (Å²) in [5.41, 5.74) is 2.67. The number of benzene rings is 2. The molecule has 6 nitrogen and oxygen atoms in total. The van der Waals surface area contributed by atoms with Crippen molar-refractivity contribution in [3.05, 3.63) is 63.7 Å². The van der Waals surface area contributed by atoms with Crippen LogP contribution in [0, 0.1) is 39.9 Å². The first-order valence-corrected chi connectivity index (χ1v) is 13.7. The molecular weight excluding hydrogens is 496 g/mol. The summed E-state index contributed by atoms with van der Waals surface area (Å²) >= 11 is 6.24. The van der Waals surface area contributed by atoms with Crippen LogP contribution in [0.5, 0.6) is 5.75 Å². The Labute approximate surface area is 229 Å². The van der Waals surface area contributed by atoms with Gasteiger partial charge in [0.05, 0.1) is 10.6 Å². The van der Waals surface area contributed by atoms with E-state index >= 15 is 0 Å². The van der Waals surface area contributed by atoms with Crippen molar-refractivity contribution in [2.75, 3.05) is 26.2 Å². The molecule has 0 aromatic heterocycles. The van der Waals surface area contributed by atoms with Gasteiger partial charge in [0.15, 0.2) is 0 Å². The number of ether oxygens (including phenoxy) is 1. The lowest BCUT2D eigenvalue weighted by Gasteiger charge is -2.65. The van der Waals surface area contributed by atoms with E-state index in [1.54, 1.807) is 18.2 Å². The minimum Gasteiger partial charge on any atom is -0.489 e. The monoisotopic (exact) mass is 528 g/mol. The maximum atomic E-state index is 13.5. The van der Waals surface area contributed by atoms with E-state index in [0.717, 1.165) is 42.9 Å². The molecule has 196 valence electrons. The molecule has 6 rings (SSSR count). The third kappa shape index (κ3) is 3.98. The third-order valence-corrected chi connectivity index (χ3v) is 9.24. The second kappa shape index (κ2) is 9.02. The fourth-order valence-corrected chi connectivity index (χ4v) is 7.47. The highest BCUT2D eigenvalue weighted by Crippen LogP contribution is 2.59. The Morgan fingerprint density at radius 1 is 1.08 bits per heavy atom. The van der Waals surface area contributed by atoms with Gasteiger partial charge in [-0.05, 0) is 35.9 Å². The minimum absolute atomic E-state index is 0.00485. The SMILES string of the molecule is CC1(C)[C@H](Oc2ccc(C#N)c(Cl)c2)C(C)(C)[C@H]1N1Cc2cc(C#CC3CN(C4CNC4)C3)ccc2C1=O. The molecular formula is C31H33ClN4O2. The maximum absolute atomic E-state index is 13.5. The number of halogens is 1. The summed E-state index contributed by atoms with van der Waals surface area (Å²) in [6.45, 7) is 13.5. The lowest BCUT2D eigenvalue weighted by atomic mass is 9.49. The first-order chi connectivity index (χ1) is 18.1. The van der Waals surface area contributed by atoms with Crippen molar-refractivity contribution in [3.8, 4) is 23.7 Å². The molecule has 7 heteroatoms. The van der Waals surface area contributed by atoms with Gasteiger partial charge < -0.3 is 15.0 Å². The molecule has 2 aromatic carbocycles. The van der Waals surface area contributed by atoms with Gasteiger partial charge in [-0.25, -0.2) is 0 Å². The average Bonchev–Trinajstić information content (AvgIpc) is 3.11. The number of hydrogen-bond acceptors (Lipinski definition) is 5. The van der Waals surface area contributed by atoms with Gasteiger partial charge in [0.1, 0.15) is 17.9 Å². The molecule has 3 aliphatic heterocycles. The summed E-state index contributed by atoms with van der Waals surface area (Å²) in [5.74, 6) is 7.95. The number of nitriles is 1. The number of nitrogens with zero attached hydrogens (tertiary/aromatic N) is 3. The standard InChI is InChI=1S/C31H33ClN4O2/c1-30(2)28(31(3,4)29(30)38-24-9-8-21(13-33)26(32)12-24)36-18-22-11-19(7-10-25(22)27(36)37)5-6-20-16-35(17-20)23-14-34-15-23/h7-12,20,23,28-29,34H,14-18H2,1-4H3/t28-,29-. The van der Waals surface area contributed by atoms with Gasteiger partial charge in [0, 0.05) is 78.7 Å². The molecule has 1 aliphatic carbocycles. The van der Waals surface area contributed by atoms with Crippen molar-refractivity contribution in [1.82, 2.24) is 15.1 Å². The van der Waals surface area contributed by atoms with Crippen LogP contribution in [0.3, 0.4) is 0 Å². The summed E-state index contributed by atoms with van der Waals surface area (Å²) in [4.78, 5) is 18.1. The normalized spacial score (nSPS) is 25.8. The van der Waals surface area contributed by atoms with Gasteiger partial charge in [0.2, 0.25) is 0 Å². The van der Waals surface area contributed by atoms with E-state index in [0.29, 0.717) is 34.8 Å². The maximum Gasteiger partial charge on any atom is 0.254 e. The summed E-state index contributed by atoms with van der Waals surface area (Å²) in [5, 5.41) is 12.9. The molecule has 1 N–H and O–H groups in total. The number of carbonyl (C=O) groups excluding carboxylic acids is 1. The van der Waals surface area contributed by atoms with Gasteiger partial charge in [-0.2, -0.15) is 5.26 Å². The fraction of sp³-hybridized carbons (Fsp3) is 0.484. The Bertz CT molecular complexity index is 1390. The molecule has 2 aromatic rings. The predicted octanol–water partition coefficient (Wildman–Crippen LogP) is 4.30. The van der Waals surface area contributed by atoms with Gasteiger partial charge in [-0.15, -0.1) is 0 Å². The highest BCUT2D eigenvalue weighted by molar-refractivity contribution is 6.31. The van der Waals surface area contributed by atoms with Crippen LogP contribution in [0.1, 0.15) is 54.7 Å². The molecule has 0 unspecified atom stereocenters. The Morgan fingerprint density at radius 2 is 1.82 bits per heavy atom. The number of likely N-dealkylation sites (tertiary alicyclic amines) is 1. The number of hydrogen-bond donors (Lipinski definition) is 1. The van der Waals surface area contributed by atoms with Crippen LogP contribution in [-0.4, -0.2) is 60.1 Å². The number of nitrogens with one attached hydrogen (secondary N) is 1. The van der Waals surface area contributed by atoms with E-state index in [1.807, 2.05) is 17.0 Å². The molecule has 38 heavy (non-hydrogen) atoms. The molecule has 3 fully saturated rings. The summed E-state index contributed by atoms with van der Waals surface area (Å²) in [7, 11) is 0. The summed E-state index contributed by atoms with van der Waals surface area (Å²) in [6.07, 6.45) is -0.125. The number of amides is 1. The molecule has 0 radical (unpaired) electrons. The first kappa shape index (κ1) is 25.3. The highest BCUT2D eigenvalue weighted by atomic mass is 35.5. The van der Waals surface area contributed by atoms with Crippen LogP contribution < -0.4 is 10.1 Å². The fourth-order valence-electron chi connectivity index (χ4n) is 7.26. The zero-order chi connectivity index (χ0) is 26.8. The van der Waals surface area contributed by atoms with Gasteiger partial charge in [0.25, 0.3) is 5.91 Å². The molecule has 0 bridgehead atoms. The van der Waals surface area contributed by atoms with Crippen molar-refractivity contribution in [2.45, 2.75) is 52.4 Å². The second-order valence-corrected chi connectivity index (χ2v) is 12.7. The van der Waals surface area contributed by atoms with Crippen LogP contribution in [0.25, 0.3) is 0 Å². The molecule has 4 aliphatic rings. The summed E-state index contributed by atoms with van der Waals surface area (Å²) in [6, 6.07) is 14.0. The zero-order valence-electron chi connectivity index (χ0n) is 22.3. The first-order valence-electron chi connectivity index (χ1n) is 13.4. The van der Waals surface area contributed by atoms with Crippen molar-refractivity contribution < 1.29 is 9.53 Å². The van der Waals surface area contributed by atoms with E-state index in [-0.39, 0.29) is 28.9 Å². The van der Waals surface area contributed by atoms with E-state index in [1.165, 1.54) is 0 Å². The highest BCUT2D eigenvalue weighted by Gasteiger charge is 2.67. The molecule has 2 saturated heterocycles. The Hall–Kier alpha value is -3.03. The lowest BCUT2D eigenvalue weighted by molar-refractivity contribution is -0.199.